The Morgan fingerprint density at radius 2 is 1.90 bits per heavy atom. The second-order valence-corrected chi connectivity index (χ2v) is 8.26. The molecule has 1 aromatic heterocycles. The number of rotatable bonds is 3. The van der Waals surface area contributed by atoms with Crippen molar-refractivity contribution < 1.29 is 8.42 Å². The van der Waals surface area contributed by atoms with E-state index >= 15 is 0 Å². The molecule has 0 bridgehead atoms. The van der Waals surface area contributed by atoms with Gasteiger partial charge in [-0.3, -0.25) is 0 Å². The van der Waals surface area contributed by atoms with Crippen LogP contribution in [0.5, 0.6) is 0 Å². The van der Waals surface area contributed by atoms with Gasteiger partial charge in [-0.1, -0.05) is 31.2 Å². The molecule has 106 valence electrons. The van der Waals surface area contributed by atoms with Crippen LogP contribution in [-0.2, 0) is 29.4 Å². The van der Waals surface area contributed by atoms with Crippen LogP contribution in [-0.4, -0.2) is 19.3 Å². The summed E-state index contributed by atoms with van der Waals surface area (Å²) < 4.78 is 27.4. The molecule has 0 spiro atoms. The summed E-state index contributed by atoms with van der Waals surface area (Å²) in [6, 6.07) is 11.7. The fourth-order valence-electron chi connectivity index (χ4n) is 2.49. The maximum Gasteiger partial charge on any atom is 0.252 e. The molecule has 0 atom stereocenters. The van der Waals surface area contributed by atoms with E-state index in [1.54, 1.807) is 10.4 Å². The largest absolute Gasteiger partial charge is 0.252 e. The zero-order valence-electron chi connectivity index (χ0n) is 11.4. The summed E-state index contributed by atoms with van der Waals surface area (Å²) in [6.45, 7) is 3.09. The summed E-state index contributed by atoms with van der Waals surface area (Å²) in [4.78, 5) is 1.11. The number of hydrogen-bond acceptors (Lipinski definition) is 3. The highest BCUT2D eigenvalue weighted by molar-refractivity contribution is 7.91. The molecule has 1 aliphatic rings. The summed E-state index contributed by atoms with van der Waals surface area (Å²) >= 11 is 1.39. The van der Waals surface area contributed by atoms with Gasteiger partial charge in [0.15, 0.2) is 0 Å². The summed E-state index contributed by atoms with van der Waals surface area (Å²) in [5.74, 6) is 0. The van der Waals surface area contributed by atoms with Gasteiger partial charge in [-0.15, -0.1) is 11.3 Å². The highest BCUT2D eigenvalue weighted by Gasteiger charge is 2.29. The van der Waals surface area contributed by atoms with Gasteiger partial charge in [0.05, 0.1) is 0 Å². The van der Waals surface area contributed by atoms with Crippen LogP contribution in [0, 0.1) is 0 Å². The van der Waals surface area contributed by atoms with Crippen LogP contribution in [0.25, 0.3) is 0 Å². The van der Waals surface area contributed by atoms with E-state index < -0.39 is 10.0 Å². The van der Waals surface area contributed by atoms with Gasteiger partial charge in [-0.05, 0) is 36.1 Å². The number of fused-ring (bicyclic) bond motifs is 1. The molecule has 0 aliphatic carbocycles. The molecule has 0 N–H and O–H groups in total. The van der Waals surface area contributed by atoms with Crippen molar-refractivity contribution >= 4 is 21.4 Å². The quantitative estimate of drug-likeness (QED) is 0.874. The van der Waals surface area contributed by atoms with Crippen molar-refractivity contribution in [3.8, 4) is 0 Å². The van der Waals surface area contributed by atoms with Gasteiger partial charge in [0.1, 0.15) is 4.21 Å². The maximum absolute atomic E-state index is 12.7. The van der Waals surface area contributed by atoms with Crippen molar-refractivity contribution in [3.05, 3.63) is 52.4 Å². The average molecular weight is 307 g/mol. The van der Waals surface area contributed by atoms with E-state index in [2.05, 4.69) is 6.07 Å². The third-order valence-corrected chi connectivity index (χ3v) is 7.22. The molecule has 0 unspecified atom stereocenters. The predicted molar refractivity (Wildman–Crippen MR) is 81.4 cm³/mol. The lowest BCUT2D eigenvalue weighted by atomic mass is 10.0. The van der Waals surface area contributed by atoms with Gasteiger partial charge < -0.3 is 0 Å². The zero-order valence-corrected chi connectivity index (χ0v) is 13.0. The molecule has 2 aromatic rings. The van der Waals surface area contributed by atoms with E-state index in [0.29, 0.717) is 17.3 Å². The van der Waals surface area contributed by atoms with Crippen LogP contribution in [0.2, 0.25) is 0 Å². The molecule has 0 fully saturated rings. The van der Waals surface area contributed by atoms with E-state index in [1.165, 1.54) is 16.9 Å². The number of sulfonamides is 1. The molecule has 2 heterocycles. The van der Waals surface area contributed by atoms with E-state index in [1.807, 2.05) is 31.2 Å². The highest BCUT2D eigenvalue weighted by atomic mass is 32.2. The van der Waals surface area contributed by atoms with Crippen LogP contribution < -0.4 is 0 Å². The number of hydrogen-bond donors (Lipinski definition) is 0. The van der Waals surface area contributed by atoms with E-state index in [0.717, 1.165) is 23.3 Å². The first kappa shape index (κ1) is 13.8. The smallest absolute Gasteiger partial charge is 0.206 e. The monoisotopic (exact) mass is 307 g/mol. The molecule has 3 rings (SSSR count). The predicted octanol–water partition coefficient (Wildman–Crippen LogP) is 3.06. The van der Waals surface area contributed by atoms with Gasteiger partial charge in [-0.2, -0.15) is 4.31 Å². The van der Waals surface area contributed by atoms with Gasteiger partial charge in [-0.25, -0.2) is 8.42 Å². The average Bonchev–Trinajstić information content (AvgIpc) is 2.96. The maximum atomic E-state index is 12.7. The van der Waals surface area contributed by atoms with Gasteiger partial charge >= 0.3 is 0 Å². The van der Waals surface area contributed by atoms with E-state index in [9.17, 15) is 8.42 Å². The summed E-state index contributed by atoms with van der Waals surface area (Å²) in [5.41, 5.74) is 2.38. The SMILES string of the molecule is CCc1ccc(S(=O)(=O)N2CCc3ccccc3C2)s1. The molecule has 5 heteroatoms. The normalized spacial score (nSPS) is 16.1. The first-order valence-electron chi connectivity index (χ1n) is 6.77. The second kappa shape index (κ2) is 5.31. The zero-order chi connectivity index (χ0) is 14.2. The number of thiophene rings is 1. The lowest BCUT2D eigenvalue weighted by Gasteiger charge is -2.27. The summed E-state index contributed by atoms with van der Waals surface area (Å²) in [5, 5.41) is 0. The molecular weight excluding hydrogens is 290 g/mol. The second-order valence-electron chi connectivity index (χ2n) is 4.93. The van der Waals surface area contributed by atoms with Crippen molar-refractivity contribution in [2.45, 2.75) is 30.5 Å². The fourth-order valence-corrected chi connectivity index (χ4v) is 5.36. The molecule has 0 amide bonds. The Kier molecular flexibility index (Phi) is 3.67. The van der Waals surface area contributed by atoms with Crippen LogP contribution in [0.3, 0.4) is 0 Å². The third kappa shape index (κ3) is 2.41. The van der Waals surface area contributed by atoms with Crippen molar-refractivity contribution in [2.75, 3.05) is 6.54 Å². The molecule has 3 nitrogen and oxygen atoms in total. The lowest BCUT2D eigenvalue weighted by molar-refractivity contribution is 0.392. The van der Waals surface area contributed by atoms with Crippen LogP contribution in [0.1, 0.15) is 22.9 Å². The van der Waals surface area contributed by atoms with E-state index in [-0.39, 0.29) is 0 Å². The van der Waals surface area contributed by atoms with Crippen LogP contribution in [0.4, 0.5) is 0 Å². The van der Waals surface area contributed by atoms with Crippen LogP contribution >= 0.6 is 11.3 Å². The lowest BCUT2D eigenvalue weighted by Crippen LogP contribution is -2.35. The number of aryl methyl sites for hydroxylation is 1. The highest BCUT2D eigenvalue weighted by Crippen LogP contribution is 2.29. The van der Waals surface area contributed by atoms with Crippen molar-refractivity contribution in [1.82, 2.24) is 4.31 Å². The topological polar surface area (TPSA) is 37.4 Å². The standard InChI is InChI=1S/C15H17NO2S2/c1-2-14-7-8-15(19-14)20(17,18)16-10-9-12-5-3-4-6-13(12)11-16/h3-8H,2,9-11H2,1H3. The Morgan fingerprint density at radius 1 is 1.15 bits per heavy atom. The molecule has 0 saturated carbocycles. The van der Waals surface area contributed by atoms with Gasteiger partial charge in [0.2, 0.25) is 0 Å². The van der Waals surface area contributed by atoms with Crippen LogP contribution in [0.15, 0.2) is 40.6 Å². The first-order valence-corrected chi connectivity index (χ1v) is 9.02. The van der Waals surface area contributed by atoms with Gasteiger partial charge in [0, 0.05) is 18.0 Å². The first-order chi connectivity index (χ1) is 9.61. The molecular formula is C15H17NO2S2. The summed E-state index contributed by atoms with van der Waals surface area (Å²) in [7, 11) is -3.34. The van der Waals surface area contributed by atoms with Crippen molar-refractivity contribution in [3.63, 3.8) is 0 Å². The molecule has 1 aromatic carbocycles. The minimum atomic E-state index is -3.34. The fraction of sp³-hybridized carbons (Fsp3) is 0.333. The minimum Gasteiger partial charge on any atom is -0.206 e. The Hall–Kier alpha value is -1.17. The Balaban J connectivity index is 1.90. The molecule has 0 radical (unpaired) electrons. The van der Waals surface area contributed by atoms with Crippen molar-refractivity contribution in [1.29, 1.82) is 0 Å². The Morgan fingerprint density at radius 3 is 2.60 bits per heavy atom. The van der Waals surface area contributed by atoms with E-state index in [4.69, 9.17) is 0 Å². The third-order valence-electron chi connectivity index (χ3n) is 3.68. The molecule has 1 aliphatic heterocycles. The number of nitrogens with zero attached hydrogens (tertiary/aromatic N) is 1. The van der Waals surface area contributed by atoms with Gasteiger partial charge in [0.25, 0.3) is 10.0 Å². The number of benzene rings is 1. The minimum absolute atomic E-state index is 0.466. The Bertz CT molecular complexity index is 719. The molecule has 20 heavy (non-hydrogen) atoms. The molecule has 0 saturated heterocycles. The Labute approximate surface area is 123 Å². The summed E-state index contributed by atoms with van der Waals surface area (Å²) in [6.07, 6.45) is 1.67. The van der Waals surface area contributed by atoms with Crippen molar-refractivity contribution in [2.24, 2.45) is 0 Å².